The molecule has 2 amide bonds. The molecular weight excluding hydrogens is 540 g/mol. The number of aryl methyl sites for hydroxylation is 2. The van der Waals surface area contributed by atoms with Crippen LogP contribution < -0.4 is 9.47 Å². The van der Waals surface area contributed by atoms with Gasteiger partial charge in [0, 0.05) is 18.1 Å². The molecule has 216 valence electrons. The first-order valence-electron chi connectivity index (χ1n) is 14.3. The summed E-state index contributed by atoms with van der Waals surface area (Å²) in [5, 5.41) is 0.647. The Bertz CT molecular complexity index is 1350. The summed E-state index contributed by atoms with van der Waals surface area (Å²) >= 11 is 6.13. The van der Waals surface area contributed by atoms with Gasteiger partial charge < -0.3 is 24.0 Å². The van der Waals surface area contributed by atoms with E-state index in [2.05, 4.69) is 6.07 Å². The van der Waals surface area contributed by atoms with Crippen LogP contribution in [0.5, 0.6) is 11.5 Å². The first-order valence-corrected chi connectivity index (χ1v) is 14.7. The Morgan fingerprint density at radius 3 is 2.63 bits per heavy atom. The van der Waals surface area contributed by atoms with Gasteiger partial charge in [0.15, 0.2) is 12.2 Å². The molecule has 1 spiro atoms. The van der Waals surface area contributed by atoms with Crippen LogP contribution in [0.2, 0.25) is 5.02 Å². The van der Waals surface area contributed by atoms with E-state index in [0.29, 0.717) is 43.4 Å². The Morgan fingerprint density at radius 1 is 1.00 bits per heavy atom. The standard InChI is InChI=1S/C33H37ClN2O5/c1-25-21-28(14-15-29(25)34)40-23-31(37)36-18-20-41-33(24-36)16-8-7-12-27-11-5-6-13-30(27)39-19-17-35(32(33)38)22-26-9-3-2-4-10-26/h2-6,9-11,13-15,21H,7-8,12,16-20,22-24H2,1H3. The minimum atomic E-state index is -1.13. The average molecular weight is 577 g/mol. The zero-order valence-electron chi connectivity index (χ0n) is 23.5. The van der Waals surface area contributed by atoms with Gasteiger partial charge in [-0.15, -0.1) is 0 Å². The Labute approximate surface area is 246 Å². The third kappa shape index (κ3) is 7.21. The van der Waals surface area contributed by atoms with Crippen LogP contribution in [0.15, 0.2) is 72.8 Å². The Balaban J connectivity index is 1.35. The molecule has 41 heavy (non-hydrogen) atoms. The van der Waals surface area contributed by atoms with Crippen LogP contribution in [0.1, 0.15) is 36.0 Å². The summed E-state index contributed by atoms with van der Waals surface area (Å²) in [4.78, 5) is 31.2. The fourth-order valence-corrected chi connectivity index (χ4v) is 5.63. The quantitative estimate of drug-likeness (QED) is 0.403. The van der Waals surface area contributed by atoms with E-state index >= 15 is 0 Å². The van der Waals surface area contributed by atoms with Crippen LogP contribution in [0, 0.1) is 6.92 Å². The second kappa shape index (κ2) is 13.4. The molecule has 1 fully saturated rings. The van der Waals surface area contributed by atoms with Gasteiger partial charge in [0.25, 0.3) is 11.8 Å². The van der Waals surface area contributed by atoms with E-state index in [1.807, 2.05) is 66.4 Å². The van der Waals surface area contributed by atoms with Crippen LogP contribution >= 0.6 is 11.6 Å². The van der Waals surface area contributed by atoms with Crippen molar-refractivity contribution >= 4 is 23.4 Å². The predicted molar refractivity (Wildman–Crippen MR) is 158 cm³/mol. The largest absolute Gasteiger partial charge is 0.491 e. The van der Waals surface area contributed by atoms with Crippen molar-refractivity contribution < 1.29 is 23.8 Å². The number of hydrogen-bond donors (Lipinski definition) is 0. The summed E-state index contributed by atoms with van der Waals surface area (Å²) in [5.74, 6) is 1.17. The topological polar surface area (TPSA) is 68.3 Å². The van der Waals surface area contributed by atoms with E-state index in [0.717, 1.165) is 36.1 Å². The first-order chi connectivity index (χ1) is 19.9. The van der Waals surface area contributed by atoms with Crippen LogP contribution in [0.3, 0.4) is 0 Å². The lowest BCUT2D eigenvalue weighted by Gasteiger charge is -2.44. The molecule has 0 radical (unpaired) electrons. The second-order valence-electron chi connectivity index (χ2n) is 10.7. The molecule has 1 atom stereocenters. The average Bonchev–Trinajstić information content (AvgIpc) is 2.99. The molecule has 3 aromatic carbocycles. The highest BCUT2D eigenvalue weighted by Gasteiger charge is 2.46. The summed E-state index contributed by atoms with van der Waals surface area (Å²) in [6.45, 7) is 3.86. The molecule has 0 bridgehead atoms. The Morgan fingerprint density at radius 2 is 1.80 bits per heavy atom. The molecule has 0 aliphatic carbocycles. The maximum atomic E-state index is 14.4. The van der Waals surface area contributed by atoms with Crippen molar-refractivity contribution in [3.8, 4) is 11.5 Å². The second-order valence-corrected chi connectivity index (χ2v) is 11.1. The Hall–Kier alpha value is -3.55. The third-order valence-corrected chi connectivity index (χ3v) is 8.22. The number of para-hydroxylation sites is 1. The number of carbonyl (C=O) groups is 2. The monoisotopic (exact) mass is 576 g/mol. The fraction of sp³-hybridized carbons (Fsp3) is 0.394. The predicted octanol–water partition coefficient (Wildman–Crippen LogP) is 5.46. The maximum Gasteiger partial charge on any atom is 0.260 e. The van der Waals surface area contributed by atoms with Crippen LogP contribution in [0.4, 0.5) is 0 Å². The lowest BCUT2D eigenvalue weighted by molar-refractivity contribution is -0.177. The van der Waals surface area contributed by atoms with Crippen molar-refractivity contribution in [2.24, 2.45) is 0 Å². The number of hydrogen-bond acceptors (Lipinski definition) is 5. The molecule has 7 nitrogen and oxygen atoms in total. The van der Waals surface area contributed by atoms with Gasteiger partial charge in [0.1, 0.15) is 18.1 Å². The lowest BCUT2D eigenvalue weighted by atomic mass is 9.90. The summed E-state index contributed by atoms with van der Waals surface area (Å²) in [6.07, 6.45) is 3.04. The van der Waals surface area contributed by atoms with Crippen molar-refractivity contribution in [1.82, 2.24) is 9.80 Å². The van der Waals surface area contributed by atoms with Crippen LogP contribution in [-0.4, -0.2) is 66.7 Å². The molecule has 1 saturated heterocycles. The molecule has 5 rings (SSSR count). The zero-order valence-corrected chi connectivity index (χ0v) is 24.3. The van der Waals surface area contributed by atoms with Crippen molar-refractivity contribution in [3.05, 3.63) is 94.5 Å². The molecule has 2 heterocycles. The highest BCUT2D eigenvalue weighted by molar-refractivity contribution is 6.31. The van der Waals surface area contributed by atoms with E-state index in [-0.39, 0.29) is 31.6 Å². The smallest absolute Gasteiger partial charge is 0.260 e. The van der Waals surface area contributed by atoms with Crippen molar-refractivity contribution in [2.75, 3.05) is 39.5 Å². The minimum Gasteiger partial charge on any atom is -0.491 e. The number of ether oxygens (including phenoxy) is 3. The molecule has 2 aliphatic heterocycles. The van der Waals surface area contributed by atoms with Crippen molar-refractivity contribution in [2.45, 2.75) is 44.8 Å². The van der Waals surface area contributed by atoms with Crippen LogP contribution in [-0.2, 0) is 27.3 Å². The molecule has 1 unspecified atom stereocenters. The van der Waals surface area contributed by atoms with Gasteiger partial charge in [-0.2, -0.15) is 0 Å². The maximum absolute atomic E-state index is 14.4. The van der Waals surface area contributed by atoms with E-state index in [1.54, 1.807) is 17.0 Å². The number of halogens is 1. The number of carbonyl (C=O) groups excluding carboxylic acids is 2. The number of nitrogens with zero attached hydrogens (tertiary/aromatic N) is 2. The first kappa shape index (κ1) is 29.0. The molecule has 0 saturated carbocycles. The fourth-order valence-electron chi connectivity index (χ4n) is 5.52. The lowest BCUT2D eigenvalue weighted by Crippen LogP contribution is -2.62. The summed E-state index contributed by atoms with van der Waals surface area (Å²) in [6, 6.07) is 23.4. The number of rotatable bonds is 5. The molecule has 3 aromatic rings. The number of morpholine rings is 1. The van der Waals surface area contributed by atoms with E-state index in [9.17, 15) is 9.59 Å². The highest BCUT2D eigenvalue weighted by Crippen LogP contribution is 2.30. The molecular formula is C33H37ClN2O5. The number of fused-ring (bicyclic) bond motifs is 1. The van der Waals surface area contributed by atoms with Gasteiger partial charge in [0.05, 0.1) is 19.7 Å². The van der Waals surface area contributed by atoms with Gasteiger partial charge in [-0.25, -0.2) is 0 Å². The Kier molecular flexibility index (Phi) is 9.47. The van der Waals surface area contributed by atoms with Gasteiger partial charge in [-0.3, -0.25) is 9.59 Å². The van der Waals surface area contributed by atoms with Crippen molar-refractivity contribution in [1.29, 1.82) is 0 Å². The van der Waals surface area contributed by atoms with Crippen LogP contribution in [0.25, 0.3) is 0 Å². The van der Waals surface area contributed by atoms with Crippen molar-refractivity contribution in [3.63, 3.8) is 0 Å². The van der Waals surface area contributed by atoms with E-state index in [4.69, 9.17) is 25.8 Å². The third-order valence-electron chi connectivity index (χ3n) is 7.79. The normalized spacial score (nSPS) is 20.0. The highest BCUT2D eigenvalue weighted by atomic mass is 35.5. The van der Waals surface area contributed by atoms with Gasteiger partial charge >= 0.3 is 0 Å². The summed E-state index contributed by atoms with van der Waals surface area (Å²) < 4.78 is 18.3. The molecule has 2 aliphatic rings. The molecule has 0 N–H and O–H groups in total. The van der Waals surface area contributed by atoms with Gasteiger partial charge in [0.2, 0.25) is 0 Å². The number of amides is 2. The molecule has 8 heteroatoms. The van der Waals surface area contributed by atoms with Gasteiger partial charge in [-0.05, 0) is 73.6 Å². The minimum absolute atomic E-state index is 0.106. The summed E-state index contributed by atoms with van der Waals surface area (Å²) in [5.41, 5.74) is 1.95. The van der Waals surface area contributed by atoms with E-state index in [1.165, 1.54) is 5.56 Å². The number of benzene rings is 3. The SMILES string of the molecule is Cc1cc(OCC(=O)N2CCOC3(CCCCc4ccccc4OCCN(Cc4ccccc4)C3=O)C2)ccc1Cl. The molecule has 0 aromatic heterocycles. The summed E-state index contributed by atoms with van der Waals surface area (Å²) in [7, 11) is 0. The van der Waals surface area contributed by atoms with Gasteiger partial charge in [-0.1, -0.05) is 60.1 Å². The van der Waals surface area contributed by atoms with E-state index < -0.39 is 5.60 Å². The zero-order chi connectivity index (χ0) is 28.7.